The third-order valence-electron chi connectivity index (χ3n) is 4.84. The SMILES string of the molecule is Cl.O=C(OC[C@@H]1CCN2CCC[C@@H]12)c1n[nH]c2ccccc12. The van der Waals surface area contributed by atoms with Crippen LogP contribution in [0.3, 0.4) is 0 Å². The Hall–Kier alpha value is -1.59. The van der Waals surface area contributed by atoms with Crippen LogP contribution < -0.4 is 0 Å². The second-order valence-electron chi connectivity index (χ2n) is 6.01. The van der Waals surface area contributed by atoms with Gasteiger partial charge >= 0.3 is 5.97 Å². The monoisotopic (exact) mass is 321 g/mol. The molecular weight excluding hydrogens is 302 g/mol. The van der Waals surface area contributed by atoms with Crippen LogP contribution in [0.15, 0.2) is 24.3 Å². The van der Waals surface area contributed by atoms with Crippen molar-refractivity contribution in [3.8, 4) is 0 Å². The van der Waals surface area contributed by atoms with E-state index in [-0.39, 0.29) is 18.4 Å². The van der Waals surface area contributed by atoms with Crippen molar-refractivity contribution in [2.24, 2.45) is 5.92 Å². The van der Waals surface area contributed by atoms with Crippen molar-refractivity contribution in [1.82, 2.24) is 15.1 Å². The fraction of sp³-hybridized carbons (Fsp3) is 0.500. The molecular formula is C16H20ClN3O2. The molecule has 2 aliphatic heterocycles. The molecule has 118 valence electrons. The summed E-state index contributed by atoms with van der Waals surface area (Å²) >= 11 is 0. The summed E-state index contributed by atoms with van der Waals surface area (Å²) in [5.41, 5.74) is 1.26. The largest absolute Gasteiger partial charge is 0.461 e. The zero-order valence-corrected chi connectivity index (χ0v) is 13.1. The summed E-state index contributed by atoms with van der Waals surface area (Å²) in [6.07, 6.45) is 3.66. The van der Waals surface area contributed by atoms with Crippen LogP contribution in [0.5, 0.6) is 0 Å². The number of fused-ring (bicyclic) bond motifs is 2. The van der Waals surface area contributed by atoms with Crippen molar-refractivity contribution in [2.75, 3.05) is 19.7 Å². The molecule has 0 unspecified atom stereocenters. The molecule has 1 N–H and O–H groups in total. The van der Waals surface area contributed by atoms with Gasteiger partial charge in [-0.1, -0.05) is 18.2 Å². The number of nitrogens with zero attached hydrogens (tertiary/aromatic N) is 2. The molecule has 2 saturated heterocycles. The third kappa shape index (κ3) is 2.59. The Morgan fingerprint density at radius 3 is 3.09 bits per heavy atom. The van der Waals surface area contributed by atoms with Crippen LogP contribution in [0, 0.1) is 5.92 Å². The average molecular weight is 322 g/mol. The first-order valence-electron chi connectivity index (χ1n) is 7.67. The maximum absolute atomic E-state index is 12.3. The molecule has 4 rings (SSSR count). The first-order valence-corrected chi connectivity index (χ1v) is 7.67. The molecule has 0 spiro atoms. The number of carbonyl (C=O) groups excluding carboxylic acids is 1. The Morgan fingerprint density at radius 1 is 1.32 bits per heavy atom. The smallest absolute Gasteiger partial charge is 0.359 e. The minimum Gasteiger partial charge on any atom is -0.461 e. The number of carbonyl (C=O) groups is 1. The Kier molecular flexibility index (Phi) is 4.36. The topological polar surface area (TPSA) is 58.2 Å². The molecule has 0 saturated carbocycles. The van der Waals surface area contributed by atoms with E-state index in [1.165, 1.54) is 19.4 Å². The quantitative estimate of drug-likeness (QED) is 0.883. The van der Waals surface area contributed by atoms with Gasteiger partial charge in [0.2, 0.25) is 0 Å². The lowest BCUT2D eigenvalue weighted by molar-refractivity contribution is 0.0414. The first-order chi connectivity index (χ1) is 10.3. The number of halogens is 1. The van der Waals surface area contributed by atoms with E-state index in [1.54, 1.807) is 0 Å². The lowest BCUT2D eigenvalue weighted by Crippen LogP contribution is -2.28. The number of esters is 1. The Balaban J connectivity index is 0.00000144. The molecule has 5 nitrogen and oxygen atoms in total. The van der Waals surface area contributed by atoms with Gasteiger partial charge in [-0.25, -0.2) is 4.79 Å². The lowest BCUT2D eigenvalue weighted by atomic mass is 9.99. The molecule has 6 heteroatoms. The summed E-state index contributed by atoms with van der Waals surface area (Å²) in [4.78, 5) is 14.8. The van der Waals surface area contributed by atoms with Crippen molar-refractivity contribution in [2.45, 2.75) is 25.3 Å². The highest BCUT2D eigenvalue weighted by atomic mass is 35.5. The Morgan fingerprint density at radius 2 is 2.18 bits per heavy atom. The van der Waals surface area contributed by atoms with E-state index in [2.05, 4.69) is 15.1 Å². The van der Waals surface area contributed by atoms with Gasteiger partial charge in [0, 0.05) is 17.3 Å². The minimum atomic E-state index is -0.316. The molecule has 2 fully saturated rings. The molecule has 1 aromatic heterocycles. The molecule has 22 heavy (non-hydrogen) atoms. The van der Waals surface area contributed by atoms with Crippen LogP contribution in [0.2, 0.25) is 0 Å². The van der Waals surface area contributed by atoms with Crippen molar-refractivity contribution in [1.29, 1.82) is 0 Å². The predicted octanol–water partition coefficient (Wildman–Crippen LogP) is 2.63. The summed E-state index contributed by atoms with van der Waals surface area (Å²) in [5.74, 6) is 0.172. The number of hydrogen-bond donors (Lipinski definition) is 1. The van der Waals surface area contributed by atoms with E-state index in [0.717, 1.165) is 23.9 Å². The van der Waals surface area contributed by atoms with Gasteiger partial charge in [0.05, 0.1) is 12.1 Å². The van der Waals surface area contributed by atoms with E-state index in [4.69, 9.17) is 4.74 Å². The summed E-state index contributed by atoms with van der Waals surface area (Å²) in [7, 11) is 0. The number of hydrogen-bond acceptors (Lipinski definition) is 4. The van der Waals surface area contributed by atoms with E-state index in [1.807, 2.05) is 24.3 Å². The normalized spacial score (nSPS) is 24.2. The van der Waals surface area contributed by atoms with Gasteiger partial charge in [-0.15, -0.1) is 12.4 Å². The standard InChI is InChI=1S/C16H19N3O2.ClH/c20-16(15-12-4-1-2-5-13(12)17-18-15)21-10-11-7-9-19-8-3-6-14(11)19;/h1-2,4-5,11,14H,3,6-10H2,(H,17,18);1H/t11-,14-;/m0./s1. The van der Waals surface area contributed by atoms with Crippen LogP contribution >= 0.6 is 12.4 Å². The molecule has 1 aromatic carbocycles. The molecule has 0 aliphatic carbocycles. The third-order valence-corrected chi connectivity index (χ3v) is 4.84. The molecule has 2 atom stereocenters. The Bertz CT molecular complexity index is 672. The van der Waals surface area contributed by atoms with Gasteiger partial charge in [-0.05, 0) is 38.4 Å². The summed E-state index contributed by atoms with van der Waals surface area (Å²) in [5, 5.41) is 7.80. The maximum atomic E-state index is 12.3. The van der Waals surface area contributed by atoms with Crippen molar-refractivity contribution < 1.29 is 9.53 Å². The zero-order chi connectivity index (χ0) is 14.2. The van der Waals surface area contributed by atoms with Crippen molar-refractivity contribution >= 4 is 29.3 Å². The van der Waals surface area contributed by atoms with Crippen LogP contribution in [0.25, 0.3) is 10.9 Å². The zero-order valence-electron chi connectivity index (χ0n) is 12.3. The van der Waals surface area contributed by atoms with E-state index >= 15 is 0 Å². The predicted molar refractivity (Wildman–Crippen MR) is 86.3 cm³/mol. The Labute approximate surface area is 135 Å². The second kappa shape index (κ2) is 6.26. The van der Waals surface area contributed by atoms with Crippen LogP contribution in [0.1, 0.15) is 29.8 Å². The highest BCUT2D eigenvalue weighted by molar-refractivity contribution is 6.01. The molecule has 0 amide bonds. The van der Waals surface area contributed by atoms with E-state index in [9.17, 15) is 4.79 Å². The molecule has 2 aliphatic rings. The van der Waals surface area contributed by atoms with Crippen molar-refractivity contribution in [3.63, 3.8) is 0 Å². The second-order valence-corrected chi connectivity index (χ2v) is 6.01. The number of nitrogens with one attached hydrogen (secondary N) is 1. The van der Waals surface area contributed by atoms with E-state index < -0.39 is 0 Å². The summed E-state index contributed by atoms with van der Waals surface area (Å²) in [6, 6.07) is 8.25. The lowest BCUT2D eigenvalue weighted by Gasteiger charge is -2.19. The van der Waals surface area contributed by atoms with Gasteiger partial charge in [-0.3, -0.25) is 10.00 Å². The van der Waals surface area contributed by atoms with Crippen LogP contribution in [-0.4, -0.2) is 46.8 Å². The number of benzene rings is 1. The highest BCUT2D eigenvalue weighted by Gasteiger charge is 2.37. The van der Waals surface area contributed by atoms with Gasteiger partial charge in [0.15, 0.2) is 5.69 Å². The maximum Gasteiger partial charge on any atom is 0.359 e. The molecule has 0 radical (unpaired) electrons. The van der Waals surface area contributed by atoms with Gasteiger partial charge in [-0.2, -0.15) is 5.10 Å². The van der Waals surface area contributed by atoms with E-state index in [0.29, 0.717) is 24.3 Å². The van der Waals surface area contributed by atoms with Gasteiger partial charge in [0.1, 0.15) is 0 Å². The molecule has 3 heterocycles. The van der Waals surface area contributed by atoms with Gasteiger partial charge < -0.3 is 4.74 Å². The number of ether oxygens (including phenoxy) is 1. The number of para-hydroxylation sites is 1. The molecule has 2 aromatic rings. The van der Waals surface area contributed by atoms with Crippen LogP contribution in [-0.2, 0) is 4.74 Å². The number of aromatic amines is 1. The number of aromatic nitrogens is 2. The fourth-order valence-corrected chi connectivity index (χ4v) is 3.75. The summed E-state index contributed by atoms with van der Waals surface area (Å²) in [6.45, 7) is 2.87. The summed E-state index contributed by atoms with van der Waals surface area (Å²) < 4.78 is 5.54. The molecule has 0 bridgehead atoms. The average Bonchev–Trinajstić information content (AvgIpc) is 3.20. The first kappa shape index (κ1) is 15.3. The number of rotatable bonds is 3. The highest BCUT2D eigenvalue weighted by Crippen LogP contribution is 2.32. The fourth-order valence-electron chi connectivity index (χ4n) is 3.75. The number of H-pyrrole nitrogens is 1. The van der Waals surface area contributed by atoms with Gasteiger partial charge in [0.25, 0.3) is 0 Å². The van der Waals surface area contributed by atoms with Crippen LogP contribution in [0.4, 0.5) is 0 Å². The minimum absolute atomic E-state index is 0. The van der Waals surface area contributed by atoms with Crippen molar-refractivity contribution in [3.05, 3.63) is 30.0 Å².